The van der Waals surface area contributed by atoms with Crippen molar-refractivity contribution in [3.8, 4) is 0 Å². The van der Waals surface area contributed by atoms with Gasteiger partial charge in [0.25, 0.3) is 0 Å². The first-order chi connectivity index (χ1) is 10.1. The Labute approximate surface area is 128 Å². The minimum Gasteiger partial charge on any atom is -0.468 e. The van der Waals surface area contributed by atoms with Gasteiger partial charge in [0, 0.05) is 6.04 Å². The lowest BCUT2D eigenvalue weighted by Gasteiger charge is -2.42. The summed E-state index contributed by atoms with van der Waals surface area (Å²) in [7, 11) is 3.39. The molecule has 1 spiro atoms. The Hall–Kier alpha value is -0.610. The molecule has 21 heavy (non-hydrogen) atoms. The summed E-state index contributed by atoms with van der Waals surface area (Å²) in [5.74, 6) is -0.0863. The fourth-order valence-corrected chi connectivity index (χ4v) is 5.03. The van der Waals surface area contributed by atoms with E-state index in [2.05, 4.69) is 10.2 Å². The van der Waals surface area contributed by atoms with E-state index in [0.717, 1.165) is 19.3 Å². The number of esters is 1. The van der Waals surface area contributed by atoms with Gasteiger partial charge in [-0.2, -0.15) is 0 Å². The second-order valence-corrected chi connectivity index (χ2v) is 7.46. The maximum atomic E-state index is 12.1. The zero-order chi connectivity index (χ0) is 14.9. The van der Waals surface area contributed by atoms with Crippen LogP contribution in [0.5, 0.6) is 0 Å². The van der Waals surface area contributed by atoms with Gasteiger partial charge in [-0.1, -0.05) is 12.8 Å². The highest BCUT2D eigenvalue weighted by atomic mass is 16.5. The molecule has 3 rings (SSSR count). The predicted octanol–water partition coefficient (Wildman–Crippen LogP) is 2.33. The van der Waals surface area contributed by atoms with E-state index in [9.17, 15) is 4.79 Å². The monoisotopic (exact) mass is 294 g/mol. The molecule has 4 nitrogen and oxygen atoms in total. The smallest absolute Gasteiger partial charge is 0.326 e. The average Bonchev–Trinajstić information content (AvgIpc) is 3.16. The molecule has 2 saturated carbocycles. The van der Waals surface area contributed by atoms with Crippen molar-refractivity contribution in [2.45, 2.75) is 69.4 Å². The molecule has 4 heteroatoms. The molecular weight excluding hydrogens is 264 g/mol. The first-order valence-corrected chi connectivity index (χ1v) is 8.64. The fraction of sp³-hybridized carbons (Fsp3) is 0.941. The number of methoxy groups -OCH3 is 1. The number of carbonyl (C=O) groups excluding carboxylic acids is 1. The maximum Gasteiger partial charge on any atom is 0.326 e. The third-order valence-corrected chi connectivity index (χ3v) is 6.58. The van der Waals surface area contributed by atoms with Crippen molar-refractivity contribution in [2.75, 3.05) is 27.2 Å². The van der Waals surface area contributed by atoms with Gasteiger partial charge in [-0.15, -0.1) is 0 Å². The number of carbonyl (C=O) groups is 1. The van der Waals surface area contributed by atoms with Gasteiger partial charge in [-0.05, 0) is 70.5 Å². The third kappa shape index (κ3) is 2.72. The van der Waals surface area contributed by atoms with Crippen LogP contribution in [0, 0.1) is 5.41 Å². The highest BCUT2D eigenvalue weighted by Gasteiger charge is 2.48. The van der Waals surface area contributed by atoms with Crippen molar-refractivity contribution >= 4 is 5.97 Å². The van der Waals surface area contributed by atoms with Gasteiger partial charge in [0.1, 0.15) is 5.54 Å². The molecule has 1 heterocycles. The molecular formula is C17H30N2O2. The van der Waals surface area contributed by atoms with Crippen molar-refractivity contribution in [1.82, 2.24) is 10.2 Å². The summed E-state index contributed by atoms with van der Waals surface area (Å²) in [5, 5.41) is 3.24. The van der Waals surface area contributed by atoms with Crippen molar-refractivity contribution < 1.29 is 9.53 Å². The molecule has 0 aromatic heterocycles. The van der Waals surface area contributed by atoms with E-state index >= 15 is 0 Å². The van der Waals surface area contributed by atoms with Gasteiger partial charge in [0.15, 0.2) is 0 Å². The molecule has 1 N–H and O–H groups in total. The molecule has 2 atom stereocenters. The van der Waals surface area contributed by atoms with E-state index in [1.54, 1.807) is 0 Å². The summed E-state index contributed by atoms with van der Waals surface area (Å²) in [5.41, 5.74) is 0.236. The molecule has 1 aliphatic heterocycles. The molecule has 3 aliphatic rings. The number of nitrogens with zero attached hydrogens (tertiary/aromatic N) is 1. The molecule has 2 aliphatic carbocycles. The second kappa shape index (κ2) is 5.88. The summed E-state index contributed by atoms with van der Waals surface area (Å²) >= 11 is 0. The van der Waals surface area contributed by atoms with Gasteiger partial charge < -0.3 is 15.0 Å². The normalized spacial score (nSPS) is 36.2. The Balaban J connectivity index is 1.58. The number of nitrogens with one attached hydrogen (secondary N) is 1. The van der Waals surface area contributed by atoms with Crippen LogP contribution < -0.4 is 5.32 Å². The number of likely N-dealkylation sites (N-methyl/N-ethyl adjacent to an activating group) is 1. The molecule has 120 valence electrons. The Morgan fingerprint density at radius 3 is 2.38 bits per heavy atom. The van der Waals surface area contributed by atoms with E-state index in [1.807, 2.05) is 7.05 Å². The summed E-state index contributed by atoms with van der Waals surface area (Å²) in [6.45, 7) is 2.46. The molecule has 2 unspecified atom stereocenters. The van der Waals surface area contributed by atoms with Crippen LogP contribution in [0.1, 0.15) is 57.8 Å². The molecule has 0 aromatic carbocycles. The number of piperidine rings is 1. The minimum absolute atomic E-state index is 0.0863. The van der Waals surface area contributed by atoms with Crippen LogP contribution >= 0.6 is 0 Å². The van der Waals surface area contributed by atoms with E-state index in [1.165, 1.54) is 58.7 Å². The summed E-state index contributed by atoms with van der Waals surface area (Å²) in [6.07, 6.45) is 11.4. The molecule has 3 fully saturated rings. The largest absolute Gasteiger partial charge is 0.468 e. The van der Waals surface area contributed by atoms with Gasteiger partial charge in [-0.25, -0.2) is 0 Å². The predicted molar refractivity (Wildman–Crippen MR) is 83.2 cm³/mol. The Bertz CT molecular complexity index is 382. The quantitative estimate of drug-likeness (QED) is 0.811. The number of hydrogen-bond acceptors (Lipinski definition) is 4. The van der Waals surface area contributed by atoms with Crippen molar-refractivity contribution in [3.05, 3.63) is 0 Å². The lowest BCUT2D eigenvalue weighted by Crippen LogP contribution is -2.51. The molecule has 0 bridgehead atoms. The minimum atomic E-state index is -0.443. The van der Waals surface area contributed by atoms with Crippen LogP contribution in [0.3, 0.4) is 0 Å². The molecule has 0 radical (unpaired) electrons. The number of rotatable bonds is 3. The van der Waals surface area contributed by atoms with Crippen LogP contribution in [0.4, 0.5) is 0 Å². The van der Waals surface area contributed by atoms with Gasteiger partial charge in [0.05, 0.1) is 7.11 Å². The Kier molecular flexibility index (Phi) is 4.28. The van der Waals surface area contributed by atoms with Crippen molar-refractivity contribution in [2.24, 2.45) is 5.41 Å². The Morgan fingerprint density at radius 2 is 1.81 bits per heavy atom. The van der Waals surface area contributed by atoms with Crippen LogP contribution in [-0.4, -0.2) is 49.7 Å². The van der Waals surface area contributed by atoms with E-state index in [4.69, 9.17) is 4.74 Å². The summed E-state index contributed by atoms with van der Waals surface area (Å²) in [6, 6.07) is 0.551. The third-order valence-electron chi connectivity index (χ3n) is 6.58. The highest BCUT2D eigenvalue weighted by Crippen LogP contribution is 2.47. The molecule has 0 amide bonds. The zero-order valence-corrected chi connectivity index (χ0v) is 13.6. The van der Waals surface area contributed by atoms with Gasteiger partial charge in [-0.3, -0.25) is 4.79 Å². The molecule has 0 aromatic rings. The van der Waals surface area contributed by atoms with Crippen LogP contribution in [0.15, 0.2) is 0 Å². The lowest BCUT2D eigenvalue weighted by atomic mass is 9.76. The van der Waals surface area contributed by atoms with Crippen molar-refractivity contribution in [3.63, 3.8) is 0 Å². The number of hydrogen-bond donors (Lipinski definition) is 1. The molecule has 1 saturated heterocycles. The van der Waals surface area contributed by atoms with Crippen LogP contribution in [0.25, 0.3) is 0 Å². The first-order valence-electron chi connectivity index (χ1n) is 8.64. The van der Waals surface area contributed by atoms with E-state index < -0.39 is 5.54 Å². The average molecular weight is 294 g/mol. The fourth-order valence-electron chi connectivity index (χ4n) is 5.03. The van der Waals surface area contributed by atoms with Gasteiger partial charge in [0.2, 0.25) is 0 Å². The Morgan fingerprint density at radius 1 is 1.14 bits per heavy atom. The van der Waals surface area contributed by atoms with Crippen LogP contribution in [0.2, 0.25) is 0 Å². The SMILES string of the molecule is CNC1(C(=O)OC)CCC(N2CCC3(CCCC3)CC2)C1. The summed E-state index contributed by atoms with van der Waals surface area (Å²) in [4.78, 5) is 14.7. The number of ether oxygens (including phenoxy) is 1. The topological polar surface area (TPSA) is 41.6 Å². The van der Waals surface area contributed by atoms with E-state index in [-0.39, 0.29) is 5.97 Å². The maximum absolute atomic E-state index is 12.1. The second-order valence-electron chi connectivity index (χ2n) is 7.46. The zero-order valence-electron chi connectivity index (χ0n) is 13.6. The van der Waals surface area contributed by atoms with Gasteiger partial charge >= 0.3 is 5.97 Å². The van der Waals surface area contributed by atoms with E-state index in [0.29, 0.717) is 11.5 Å². The standard InChI is InChI=1S/C17H30N2O2/c1-18-17(15(20)21-2)8-5-14(13-17)19-11-9-16(10-12-19)6-3-4-7-16/h14,18H,3-13H2,1-2H3. The first kappa shape index (κ1) is 15.3. The van der Waals surface area contributed by atoms with Crippen molar-refractivity contribution in [1.29, 1.82) is 0 Å². The summed E-state index contributed by atoms with van der Waals surface area (Å²) < 4.78 is 5.02. The number of likely N-dealkylation sites (tertiary alicyclic amines) is 1. The lowest BCUT2D eigenvalue weighted by molar-refractivity contribution is -0.148. The van der Waals surface area contributed by atoms with Crippen LogP contribution in [-0.2, 0) is 9.53 Å². The highest BCUT2D eigenvalue weighted by molar-refractivity contribution is 5.81.